The normalized spacial score (nSPS) is 11.3. The number of rotatable bonds is 13. The molecule has 0 aliphatic rings. The predicted octanol–water partition coefficient (Wildman–Crippen LogP) is 23.4. The van der Waals surface area contributed by atoms with Gasteiger partial charge in [0.1, 0.15) is 45.6 Å². The van der Waals surface area contributed by atoms with Crippen molar-refractivity contribution in [3.05, 3.63) is 299 Å². The summed E-state index contributed by atoms with van der Waals surface area (Å²) in [7, 11) is 3.26. The average molecular weight is 1500 g/mol. The van der Waals surface area contributed by atoms with E-state index in [1.807, 2.05) is 118 Å². The van der Waals surface area contributed by atoms with Crippen molar-refractivity contribution in [2.24, 2.45) is 0 Å². The van der Waals surface area contributed by atoms with Crippen molar-refractivity contribution < 1.29 is 58.4 Å². The number of hydrogen-bond acceptors (Lipinski definition) is 15. The molecule has 16 heterocycles. The van der Waals surface area contributed by atoms with Gasteiger partial charge in [-0.1, -0.05) is 65.3 Å². The number of ether oxygens (including phenoxy) is 3. The van der Waals surface area contributed by atoms with Gasteiger partial charge >= 0.3 is 6.36 Å². The molecule has 0 unspecified atom stereocenters. The Hall–Kier alpha value is -14.9. The van der Waals surface area contributed by atoms with E-state index in [1.165, 1.54) is 41.5 Å². The molecule has 0 radical (unpaired) electrons. The summed E-state index contributed by atoms with van der Waals surface area (Å²) in [4.78, 5) is 38.1. The van der Waals surface area contributed by atoms with Gasteiger partial charge in [0.15, 0.2) is 11.5 Å². The molecule has 0 aliphatic carbocycles. The number of alkyl halides is 3. The standard InChI is InChI=1S/C19H16N2O3.C18H11F3N2O2.C18H14N2O.C17H11FN2O.C16H13N3O2/c1-22-17-4-3-12(8-18(17)23-2)14-7-15-16(13-5-6-24-11-13)10-21-19(15)20-9-14;19-18(20,21)25-14-3-1-2-11(6-14)13-7-15-16(12-4-5-24-10-12)9-23-17(15)22-8-13;1-12-2-4-13(5-3-12)15-8-16-17(14-6-7-21-11-14)10-20-18(16)19-9-15;18-14-3-1-11(2-4-14)13-7-15-16(12-5-6-21-10-12)9-20-17(15)19-8-13;1-9-15(10(2)21-19-9)12-5-13-14(11-3-4-20-8-11)7-18-16(13)17-6-12/h3-11H,1-2H3,(H,20,21);1-10H,(H,22,23);2-11H,1H3,(H,19,20);1-10H,(H,19,20);3-8H,1-2H3,(H,17,18). The van der Waals surface area contributed by atoms with Crippen LogP contribution in [0.2, 0.25) is 0 Å². The van der Waals surface area contributed by atoms with E-state index in [0.29, 0.717) is 28.3 Å². The molecule has 0 aliphatic heterocycles. The molecule has 0 bridgehead atoms. The second-order valence-corrected chi connectivity index (χ2v) is 25.9. The molecular formula is C88H65F4N11O9. The molecule has 0 amide bonds. The summed E-state index contributed by atoms with van der Waals surface area (Å²) in [5.41, 5.74) is 25.9. The maximum Gasteiger partial charge on any atom is 0.573 e. The molecule has 24 heteroatoms. The van der Waals surface area contributed by atoms with Gasteiger partial charge in [-0.25, -0.2) is 29.3 Å². The molecule has 0 saturated heterocycles. The number of furan rings is 5. The smallest absolute Gasteiger partial charge is 0.493 e. The maximum absolute atomic E-state index is 13.0. The van der Waals surface area contributed by atoms with E-state index in [-0.39, 0.29) is 11.6 Å². The van der Waals surface area contributed by atoms with Crippen molar-refractivity contribution >= 4 is 55.2 Å². The van der Waals surface area contributed by atoms with Crippen LogP contribution in [0.3, 0.4) is 0 Å². The van der Waals surface area contributed by atoms with E-state index in [2.05, 4.69) is 115 Å². The third-order valence-electron chi connectivity index (χ3n) is 18.8. The number of pyridine rings is 5. The molecule has 0 spiro atoms. The minimum absolute atomic E-state index is 0.242. The largest absolute Gasteiger partial charge is 0.573 e. The molecule has 20 nitrogen and oxygen atoms in total. The fourth-order valence-corrected chi connectivity index (χ4v) is 13.2. The number of H-pyrrole nitrogens is 5. The number of aryl methyl sites for hydroxylation is 3. The molecule has 0 fully saturated rings. The van der Waals surface area contributed by atoms with Gasteiger partial charge in [0.2, 0.25) is 0 Å². The summed E-state index contributed by atoms with van der Waals surface area (Å²) in [6.07, 6.45) is 30.6. The van der Waals surface area contributed by atoms with E-state index in [4.69, 9.17) is 36.1 Å². The zero-order valence-electron chi connectivity index (χ0n) is 60.4. The summed E-state index contributed by atoms with van der Waals surface area (Å²) in [6.45, 7) is 5.94. The zero-order chi connectivity index (χ0) is 76.8. The first-order chi connectivity index (χ1) is 54.6. The van der Waals surface area contributed by atoms with E-state index in [9.17, 15) is 17.6 Å². The van der Waals surface area contributed by atoms with Gasteiger partial charge < -0.3 is 65.7 Å². The highest BCUT2D eigenvalue weighted by atomic mass is 19.4. The van der Waals surface area contributed by atoms with Crippen LogP contribution < -0.4 is 14.2 Å². The monoisotopic (exact) mass is 1500 g/mol. The molecule has 20 aromatic rings. The number of benzene rings is 4. The van der Waals surface area contributed by atoms with Crippen molar-refractivity contribution in [2.45, 2.75) is 27.1 Å². The number of aromatic amines is 5. The van der Waals surface area contributed by atoms with Crippen LogP contribution in [0, 0.1) is 26.6 Å². The number of methoxy groups -OCH3 is 2. The highest BCUT2D eigenvalue weighted by Gasteiger charge is 2.31. The molecule has 20 rings (SSSR count). The van der Waals surface area contributed by atoms with Crippen LogP contribution in [0.25, 0.3) is 166 Å². The van der Waals surface area contributed by atoms with Crippen LogP contribution in [-0.4, -0.2) is 75.6 Å². The highest BCUT2D eigenvalue weighted by Crippen LogP contribution is 2.40. The Kier molecular flexibility index (Phi) is 19.8. The van der Waals surface area contributed by atoms with Gasteiger partial charge in [0.05, 0.1) is 82.5 Å². The number of nitrogens with zero attached hydrogens (tertiary/aromatic N) is 6. The average Bonchev–Trinajstić information content (AvgIpc) is 1.64. The Balaban J connectivity index is 0.000000106. The van der Waals surface area contributed by atoms with Crippen LogP contribution >= 0.6 is 0 Å². The van der Waals surface area contributed by atoms with Crippen LogP contribution in [-0.2, 0) is 0 Å². The van der Waals surface area contributed by atoms with Crippen LogP contribution in [0.1, 0.15) is 17.0 Å². The summed E-state index contributed by atoms with van der Waals surface area (Å²) >= 11 is 0. The molecular weight excluding hydrogens is 1430 g/mol. The second kappa shape index (κ2) is 31.1. The number of fused-ring (bicyclic) bond motifs is 5. The topological polar surface area (TPSA) is 263 Å². The molecule has 4 aromatic carbocycles. The van der Waals surface area contributed by atoms with Crippen molar-refractivity contribution in [3.8, 4) is 129 Å². The third-order valence-corrected chi connectivity index (χ3v) is 18.8. The lowest BCUT2D eigenvalue weighted by atomic mass is 10.0. The second-order valence-electron chi connectivity index (χ2n) is 25.9. The number of nitrogens with one attached hydrogen (secondary N) is 5. The van der Waals surface area contributed by atoms with Crippen LogP contribution in [0.15, 0.2) is 303 Å². The van der Waals surface area contributed by atoms with Gasteiger partial charge in [0.25, 0.3) is 0 Å². The minimum atomic E-state index is -4.73. The third kappa shape index (κ3) is 15.2. The molecule has 112 heavy (non-hydrogen) atoms. The Morgan fingerprint density at radius 3 is 1.04 bits per heavy atom. The van der Waals surface area contributed by atoms with Crippen molar-refractivity contribution in [3.63, 3.8) is 0 Å². The summed E-state index contributed by atoms with van der Waals surface area (Å²) in [6, 6.07) is 46.4. The van der Waals surface area contributed by atoms with Gasteiger partial charge in [0, 0.05) is 178 Å². The van der Waals surface area contributed by atoms with Gasteiger partial charge in [-0.15, -0.1) is 13.2 Å². The fraction of sp³-hybridized carbons (Fsp3) is 0.0682. The zero-order valence-corrected chi connectivity index (χ0v) is 60.4. The quantitative estimate of drug-likeness (QED) is 0.0672. The van der Waals surface area contributed by atoms with E-state index < -0.39 is 6.36 Å². The van der Waals surface area contributed by atoms with E-state index >= 15 is 0 Å². The molecule has 0 saturated carbocycles. The Bertz CT molecular complexity index is 6380. The lowest BCUT2D eigenvalue weighted by Gasteiger charge is -2.10. The van der Waals surface area contributed by atoms with Crippen LogP contribution in [0.4, 0.5) is 17.6 Å². The van der Waals surface area contributed by atoms with Crippen LogP contribution in [0.5, 0.6) is 17.2 Å². The molecule has 5 N–H and O–H groups in total. The lowest BCUT2D eigenvalue weighted by Crippen LogP contribution is -2.17. The summed E-state index contributed by atoms with van der Waals surface area (Å²) in [5.74, 6) is 1.69. The minimum Gasteiger partial charge on any atom is -0.493 e. The van der Waals surface area contributed by atoms with Gasteiger partial charge in [-0.3, -0.25) is 0 Å². The Morgan fingerprint density at radius 2 is 0.696 bits per heavy atom. The highest BCUT2D eigenvalue weighted by molar-refractivity contribution is 6.00. The lowest BCUT2D eigenvalue weighted by molar-refractivity contribution is -0.274. The number of aromatic nitrogens is 11. The first-order valence-electron chi connectivity index (χ1n) is 35.0. The number of hydrogen-bond donors (Lipinski definition) is 5. The Morgan fingerprint density at radius 1 is 0.348 bits per heavy atom. The van der Waals surface area contributed by atoms with Gasteiger partial charge in [-0.2, -0.15) is 0 Å². The molecule has 554 valence electrons. The summed E-state index contributed by atoms with van der Waals surface area (Å²) < 4.78 is 95.9. The number of halogens is 4. The summed E-state index contributed by atoms with van der Waals surface area (Å²) in [5, 5.41) is 9.07. The van der Waals surface area contributed by atoms with E-state index in [0.717, 1.165) is 156 Å². The fourth-order valence-electron chi connectivity index (χ4n) is 13.2. The predicted molar refractivity (Wildman–Crippen MR) is 420 cm³/mol. The van der Waals surface area contributed by atoms with Crippen molar-refractivity contribution in [2.75, 3.05) is 14.2 Å². The van der Waals surface area contributed by atoms with Gasteiger partial charge in [-0.05, 0) is 140 Å². The van der Waals surface area contributed by atoms with Crippen molar-refractivity contribution in [1.29, 1.82) is 0 Å². The molecule has 16 aromatic heterocycles. The first kappa shape index (κ1) is 71.3. The van der Waals surface area contributed by atoms with Crippen molar-refractivity contribution in [1.82, 2.24) is 55.0 Å². The molecule has 0 atom stereocenters. The SMILES string of the molecule is COc1ccc(-c2cnc3[nH]cc(-c4ccoc4)c3c2)cc1OC.Cc1ccc(-c2cnc3[nH]cc(-c4ccoc4)c3c2)cc1.Cc1noc(C)c1-c1cnc2[nH]cc(-c3ccoc3)c2c1.FC(F)(F)Oc1cccc(-c2cnc3[nH]cc(-c4ccoc4)c3c2)c1.Fc1ccc(-c2cnc3[nH]cc(-c4ccoc4)c3c2)cc1. The first-order valence-corrected chi connectivity index (χ1v) is 35.0. The Labute approximate surface area is 634 Å². The van der Waals surface area contributed by atoms with E-state index in [1.54, 1.807) is 107 Å². The maximum atomic E-state index is 13.0.